The average Bonchev–Trinajstić information content (AvgIpc) is 2.40. The molecular weight excluding hydrogens is 310 g/mol. The number of nitrogens with two attached hydrogens (primary N) is 1. The van der Waals surface area contributed by atoms with Crippen molar-refractivity contribution in [2.45, 2.75) is 26.7 Å². The van der Waals surface area contributed by atoms with E-state index < -0.39 is 5.41 Å². The van der Waals surface area contributed by atoms with Crippen molar-refractivity contribution in [1.29, 1.82) is 0 Å². The number of benzene rings is 1. The highest BCUT2D eigenvalue weighted by Crippen LogP contribution is 2.29. The standard InChI is InChI=1S/C13H18BrN3O2/c1-3-13(4-2,11(15)17-19)12(18)16-10-7-5-6-9(14)8-10/h5-8,19H,3-4H2,1-2H3,(H2,15,17)(H,16,18). The Labute approximate surface area is 121 Å². The van der Waals surface area contributed by atoms with Crippen LogP contribution in [0.5, 0.6) is 0 Å². The fraction of sp³-hybridized carbons (Fsp3) is 0.385. The van der Waals surface area contributed by atoms with Crippen molar-refractivity contribution in [3.05, 3.63) is 28.7 Å². The minimum atomic E-state index is -0.989. The Morgan fingerprint density at radius 1 is 1.47 bits per heavy atom. The number of nitrogens with zero attached hydrogens (tertiary/aromatic N) is 1. The Morgan fingerprint density at radius 3 is 2.58 bits per heavy atom. The first kappa shape index (κ1) is 15.5. The molecule has 0 radical (unpaired) electrons. The number of amides is 1. The molecule has 0 unspecified atom stereocenters. The fourth-order valence-corrected chi connectivity index (χ4v) is 2.36. The Hall–Kier alpha value is -1.56. The molecule has 1 amide bonds. The minimum absolute atomic E-state index is 0.0648. The highest BCUT2D eigenvalue weighted by Gasteiger charge is 2.39. The van der Waals surface area contributed by atoms with E-state index in [1.165, 1.54) is 0 Å². The van der Waals surface area contributed by atoms with Gasteiger partial charge in [0.25, 0.3) is 0 Å². The number of carbonyl (C=O) groups is 1. The van der Waals surface area contributed by atoms with Gasteiger partial charge in [-0.25, -0.2) is 0 Å². The first-order valence-electron chi connectivity index (χ1n) is 6.05. The summed E-state index contributed by atoms with van der Waals surface area (Å²) in [6, 6.07) is 7.26. The number of nitrogens with one attached hydrogen (secondary N) is 1. The van der Waals surface area contributed by atoms with E-state index in [1.807, 2.05) is 26.0 Å². The van der Waals surface area contributed by atoms with Crippen LogP contribution in [0.4, 0.5) is 5.69 Å². The van der Waals surface area contributed by atoms with Gasteiger partial charge < -0.3 is 16.3 Å². The molecule has 0 bridgehead atoms. The van der Waals surface area contributed by atoms with E-state index in [9.17, 15) is 4.79 Å². The predicted octanol–water partition coefficient (Wildman–Crippen LogP) is 2.94. The van der Waals surface area contributed by atoms with Gasteiger partial charge in [0.1, 0.15) is 5.41 Å². The van der Waals surface area contributed by atoms with E-state index in [4.69, 9.17) is 10.9 Å². The van der Waals surface area contributed by atoms with E-state index in [1.54, 1.807) is 12.1 Å². The van der Waals surface area contributed by atoms with E-state index in [2.05, 4.69) is 26.4 Å². The third-order valence-electron chi connectivity index (χ3n) is 3.32. The summed E-state index contributed by atoms with van der Waals surface area (Å²) in [6.07, 6.45) is 0.915. The zero-order chi connectivity index (χ0) is 14.5. The van der Waals surface area contributed by atoms with Crippen LogP contribution in [0.1, 0.15) is 26.7 Å². The molecule has 0 aliphatic rings. The highest BCUT2D eigenvalue weighted by molar-refractivity contribution is 9.10. The molecule has 5 nitrogen and oxygen atoms in total. The van der Waals surface area contributed by atoms with Crippen LogP contribution in [-0.4, -0.2) is 17.0 Å². The molecule has 0 aromatic heterocycles. The molecule has 6 heteroatoms. The summed E-state index contributed by atoms with van der Waals surface area (Å²) < 4.78 is 0.868. The third-order valence-corrected chi connectivity index (χ3v) is 3.82. The van der Waals surface area contributed by atoms with Crippen LogP contribution in [0.3, 0.4) is 0 Å². The van der Waals surface area contributed by atoms with Gasteiger partial charge in [-0.2, -0.15) is 0 Å². The summed E-state index contributed by atoms with van der Waals surface area (Å²) in [6.45, 7) is 3.67. The van der Waals surface area contributed by atoms with Crippen LogP contribution in [0.2, 0.25) is 0 Å². The number of carbonyl (C=O) groups excluding carboxylic acids is 1. The molecule has 0 saturated carbocycles. The summed E-state index contributed by atoms with van der Waals surface area (Å²) >= 11 is 3.34. The zero-order valence-corrected chi connectivity index (χ0v) is 12.6. The van der Waals surface area contributed by atoms with Gasteiger partial charge in [0, 0.05) is 10.2 Å². The number of amidine groups is 1. The Bertz CT molecular complexity index is 485. The molecule has 1 aromatic rings. The van der Waals surface area contributed by atoms with Crippen LogP contribution in [0.25, 0.3) is 0 Å². The second kappa shape index (κ2) is 6.56. The minimum Gasteiger partial charge on any atom is -0.409 e. The molecule has 4 N–H and O–H groups in total. The largest absolute Gasteiger partial charge is 0.409 e. The van der Waals surface area contributed by atoms with Crippen molar-refractivity contribution in [3.8, 4) is 0 Å². The average molecular weight is 328 g/mol. The lowest BCUT2D eigenvalue weighted by molar-refractivity contribution is -0.122. The number of oxime groups is 1. The van der Waals surface area contributed by atoms with Crippen LogP contribution < -0.4 is 11.1 Å². The van der Waals surface area contributed by atoms with E-state index in [0.29, 0.717) is 18.5 Å². The maximum absolute atomic E-state index is 12.4. The van der Waals surface area contributed by atoms with Crippen molar-refractivity contribution in [2.24, 2.45) is 16.3 Å². The fourth-order valence-electron chi connectivity index (χ4n) is 1.96. The molecule has 19 heavy (non-hydrogen) atoms. The second-order valence-electron chi connectivity index (χ2n) is 4.24. The Morgan fingerprint density at radius 2 is 2.11 bits per heavy atom. The lowest BCUT2D eigenvalue weighted by atomic mass is 9.80. The van der Waals surface area contributed by atoms with Crippen LogP contribution in [-0.2, 0) is 4.79 Å². The lowest BCUT2D eigenvalue weighted by Crippen LogP contribution is -2.46. The second-order valence-corrected chi connectivity index (χ2v) is 5.15. The quantitative estimate of drug-likeness (QED) is 0.336. The van der Waals surface area contributed by atoms with Crippen LogP contribution in [0, 0.1) is 5.41 Å². The maximum Gasteiger partial charge on any atom is 0.238 e. The molecule has 0 spiro atoms. The van der Waals surface area contributed by atoms with Crippen LogP contribution in [0.15, 0.2) is 33.9 Å². The van der Waals surface area contributed by atoms with Gasteiger partial charge in [0.05, 0.1) is 0 Å². The van der Waals surface area contributed by atoms with Gasteiger partial charge in [-0.15, -0.1) is 0 Å². The SMILES string of the molecule is CCC(CC)(C(=O)Nc1cccc(Br)c1)C(N)=NO. The van der Waals surface area contributed by atoms with Crippen molar-refractivity contribution in [3.63, 3.8) is 0 Å². The van der Waals surface area contributed by atoms with Gasteiger partial charge >= 0.3 is 0 Å². The van der Waals surface area contributed by atoms with Gasteiger partial charge in [0.2, 0.25) is 5.91 Å². The molecule has 1 rings (SSSR count). The molecular formula is C13H18BrN3O2. The molecule has 1 aromatic carbocycles. The van der Waals surface area contributed by atoms with E-state index in [0.717, 1.165) is 4.47 Å². The zero-order valence-electron chi connectivity index (χ0n) is 11.0. The topological polar surface area (TPSA) is 87.7 Å². The molecule has 0 fully saturated rings. The summed E-state index contributed by atoms with van der Waals surface area (Å²) in [5, 5.41) is 14.7. The van der Waals surface area contributed by atoms with Crippen LogP contribution >= 0.6 is 15.9 Å². The Kier molecular flexibility index (Phi) is 5.35. The first-order chi connectivity index (χ1) is 9.00. The molecule has 0 heterocycles. The van der Waals surface area contributed by atoms with Crippen molar-refractivity contribution in [2.75, 3.05) is 5.32 Å². The molecule has 0 aliphatic carbocycles. The lowest BCUT2D eigenvalue weighted by Gasteiger charge is -2.28. The molecule has 0 saturated heterocycles. The summed E-state index contributed by atoms with van der Waals surface area (Å²) in [5.74, 6) is -0.337. The maximum atomic E-state index is 12.4. The van der Waals surface area contributed by atoms with E-state index >= 15 is 0 Å². The third kappa shape index (κ3) is 3.26. The number of halogens is 1. The number of hydrogen-bond acceptors (Lipinski definition) is 3. The summed E-state index contributed by atoms with van der Waals surface area (Å²) in [5.41, 5.74) is 5.36. The predicted molar refractivity (Wildman–Crippen MR) is 79.2 cm³/mol. The number of hydrogen-bond donors (Lipinski definition) is 3. The number of anilines is 1. The first-order valence-corrected chi connectivity index (χ1v) is 6.84. The van der Waals surface area contributed by atoms with Crippen molar-refractivity contribution in [1.82, 2.24) is 0 Å². The molecule has 104 valence electrons. The Balaban J connectivity index is 3.02. The van der Waals surface area contributed by atoms with Gasteiger partial charge in [-0.3, -0.25) is 4.79 Å². The highest BCUT2D eigenvalue weighted by atomic mass is 79.9. The normalized spacial score (nSPS) is 12.3. The van der Waals surface area contributed by atoms with Gasteiger partial charge in [0.15, 0.2) is 5.84 Å². The smallest absolute Gasteiger partial charge is 0.238 e. The van der Waals surface area contributed by atoms with E-state index in [-0.39, 0.29) is 11.7 Å². The van der Waals surface area contributed by atoms with Crippen molar-refractivity contribution >= 4 is 33.4 Å². The summed E-state index contributed by atoms with van der Waals surface area (Å²) in [4.78, 5) is 12.4. The van der Waals surface area contributed by atoms with Gasteiger partial charge in [-0.05, 0) is 31.0 Å². The number of rotatable bonds is 5. The molecule has 0 aliphatic heterocycles. The monoisotopic (exact) mass is 327 g/mol. The summed E-state index contributed by atoms with van der Waals surface area (Å²) in [7, 11) is 0. The molecule has 0 atom stereocenters. The van der Waals surface area contributed by atoms with Crippen molar-refractivity contribution < 1.29 is 10.0 Å². The van der Waals surface area contributed by atoms with Gasteiger partial charge in [-0.1, -0.05) is 41.0 Å².